The summed E-state index contributed by atoms with van der Waals surface area (Å²) < 4.78 is 5.54. The van der Waals surface area contributed by atoms with Crippen molar-refractivity contribution < 1.29 is 4.74 Å². The number of piperazine rings is 1. The molecule has 0 spiro atoms. The third kappa shape index (κ3) is 5.74. The van der Waals surface area contributed by atoms with Gasteiger partial charge in [0.1, 0.15) is 0 Å². The maximum absolute atomic E-state index is 5.54. The molecule has 2 fully saturated rings. The van der Waals surface area contributed by atoms with Crippen LogP contribution in [-0.2, 0) is 4.74 Å². The molecule has 1 N–H and O–H groups in total. The van der Waals surface area contributed by atoms with Crippen LogP contribution < -0.4 is 10.2 Å². The van der Waals surface area contributed by atoms with E-state index in [0.717, 1.165) is 58.3 Å². The Kier molecular flexibility index (Phi) is 8.47. The predicted octanol–water partition coefficient (Wildman–Crippen LogP) is 3.21. The Hall–Kier alpha value is -1.02. The minimum absolute atomic E-state index is 0. The molecular weight excluding hydrogens is 439 g/mol. The zero-order valence-corrected chi connectivity index (χ0v) is 18.4. The molecule has 0 amide bonds. The van der Waals surface area contributed by atoms with Gasteiger partial charge in [-0.3, -0.25) is 4.99 Å². The number of rotatable bonds is 7. The summed E-state index contributed by atoms with van der Waals surface area (Å²) >= 11 is 0. The van der Waals surface area contributed by atoms with Gasteiger partial charge in [0.15, 0.2) is 5.96 Å². The molecule has 2 aliphatic rings. The Morgan fingerprint density at radius 2 is 1.85 bits per heavy atom. The SMILES string of the molecule is CCOCCC1(CNC(=NC)N2CCN(c3ccccc3)CC2)CC1.I. The van der Waals surface area contributed by atoms with E-state index in [0.29, 0.717) is 5.41 Å². The van der Waals surface area contributed by atoms with E-state index in [1.807, 2.05) is 7.05 Å². The van der Waals surface area contributed by atoms with Gasteiger partial charge in [-0.05, 0) is 43.7 Å². The van der Waals surface area contributed by atoms with Gasteiger partial charge < -0.3 is 19.9 Å². The van der Waals surface area contributed by atoms with Crippen LogP contribution in [0.2, 0.25) is 0 Å². The van der Waals surface area contributed by atoms with Gasteiger partial charge in [0.05, 0.1) is 0 Å². The molecule has 1 aromatic carbocycles. The fraction of sp³-hybridized carbons (Fsp3) is 0.650. The molecule has 0 aromatic heterocycles. The molecule has 1 saturated carbocycles. The van der Waals surface area contributed by atoms with Gasteiger partial charge in [-0.1, -0.05) is 18.2 Å². The van der Waals surface area contributed by atoms with Gasteiger partial charge in [-0.15, -0.1) is 24.0 Å². The average molecular weight is 472 g/mol. The number of hydrogen-bond donors (Lipinski definition) is 1. The topological polar surface area (TPSA) is 40.1 Å². The minimum atomic E-state index is 0. The molecule has 0 atom stereocenters. The fourth-order valence-corrected chi connectivity index (χ4v) is 3.54. The molecule has 26 heavy (non-hydrogen) atoms. The van der Waals surface area contributed by atoms with Crippen molar-refractivity contribution in [2.24, 2.45) is 10.4 Å². The Morgan fingerprint density at radius 3 is 2.42 bits per heavy atom. The molecule has 1 heterocycles. The van der Waals surface area contributed by atoms with Gasteiger partial charge in [0.2, 0.25) is 0 Å². The van der Waals surface area contributed by atoms with Crippen LogP contribution in [0.15, 0.2) is 35.3 Å². The number of guanidine groups is 1. The molecule has 1 saturated heterocycles. The lowest BCUT2D eigenvalue weighted by Gasteiger charge is -2.38. The smallest absolute Gasteiger partial charge is 0.193 e. The monoisotopic (exact) mass is 472 g/mol. The van der Waals surface area contributed by atoms with E-state index < -0.39 is 0 Å². The van der Waals surface area contributed by atoms with E-state index in [2.05, 4.69) is 57.4 Å². The molecule has 3 rings (SSSR count). The van der Waals surface area contributed by atoms with Gasteiger partial charge >= 0.3 is 0 Å². The number of nitrogens with zero attached hydrogens (tertiary/aromatic N) is 3. The molecule has 6 heteroatoms. The number of nitrogens with one attached hydrogen (secondary N) is 1. The summed E-state index contributed by atoms with van der Waals surface area (Å²) in [5, 5.41) is 3.63. The fourth-order valence-electron chi connectivity index (χ4n) is 3.54. The molecule has 0 unspecified atom stereocenters. The Bertz CT molecular complexity index is 554. The summed E-state index contributed by atoms with van der Waals surface area (Å²) in [5.74, 6) is 1.05. The Labute approximate surface area is 175 Å². The van der Waals surface area contributed by atoms with Crippen molar-refractivity contribution in [1.29, 1.82) is 0 Å². The zero-order chi connectivity index (χ0) is 17.5. The number of benzene rings is 1. The van der Waals surface area contributed by atoms with Crippen LogP contribution in [0.25, 0.3) is 0 Å². The van der Waals surface area contributed by atoms with Crippen molar-refractivity contribution in [1.82, 2.24) is 10.2 Å². The zero-order valence-electron chi connectivity index (χ0n) is 16.1. The Balaban J connectivity index is 0.00000243. The molecule has 1 aromatic rings. The highest BCUT2D eigenvalue weighted by molar-refractivity contribution is 14.0. The van der Waals surface area contributed by atoms with Crippen LogP contribution in [0.5, 0.6) is 0 Å². The maximum atomic E-state index is 5.54. The van der Waals surface area contributed by atoms with E-state index in [1.165, 1.54) is 18.5 Å². The van der Waals surface area contributed by atoms with Crippen molar-refractivity contribution in [3.8, 4) is 0 Å². The summed E-state index contributed by atoms with van der Waals surface area (Å²) in [6.07, 6.45) is 3.78. The lowest BCUT2D eigenvalue weighted by Crippen LogP contribution is -2.53. The summed E-state index contributed by atoms with van der Waals surface area (Å²) in [6.45, 7) is 8.89. The molecule has 0 bridgehead atoms. The first-order chi connectivity index (χ1) is 12.3. The van der Waals surface area contributed by atoms with Gasteiger partial charge in [-0.25, -0.2) is 0 Å². The van der Waals surface area contributed by atoms with E-state index in [4.69, 9.17) is 4.74 Å². The predicted molar refractivity (Wildman–Crippen MR) is 120 cm³/mol. The lowest BCUT2D eigenvalue weighted by molar-refractivity contribution is 0.128. The number of aliphatic imine (C=N–C) groups is 1. The number of hydrogen-bond acceptors (Lipinski definition) is 3. The summed E-state index contributed by atoms with van der Waals surface area (Å²) in [4.78, 5) is 9.36. The molecule has 1 aliphatic heterocycles. The van der Waals surface area contributed by atoms with Gasteiger partial charge in [0.25, 0.3) is 0 Å². The first-order valence-electron chi connectivity index (χ1n) is 9.60. The summed E-state index contributed by atoms with van der Waals surface area (Å²) in [5.41, 5.74) is 1.76. The second kappa shape index (κ2) is 10.3. The van der Waals surface area contributed by atoms with Crippen molar-refractivity contribution in [2.75, 3.05) is 57.9 Å². The van der Waals surface area contributed by atoms with Crippen LogP contribution in [0.1, 0.15) is 26.2 Å². The number of anilines is 1. The van der Waals surface area contributed by atoms with Crippen LogP contribution in [-0.4, -0.2) is 63.8 Å². The molecular formula is C20H33IN4O. The van der Waals surface area contributed by atoms with E-state index >= 15 is 0 Å². The Morgan fingerprint density at radius 1 is 1.15 bits per heavy atom. The van der Waals surface area contributed by atoms with Crippen molar-refractivity contribution in [3.63, 3.8) is 0 Å². The quantitative estimate of drug-likeness (QED) is 0.287. The highest BCUT2D eigenvalue weighted by Crippen LogP contribution is 2.48. The normalized spacial score (nSPS) is 19.1. The van der Waals surface area contributed by atoms with Crippen LogP contribution in [0.3, 0.4) is 0 Å². The number of ether oxygens (including phenoxy) is 1. The highest BCUT2D eigenvalue weighted by Gasteiger charge is 2.42. The van der Waals surface area contributed by atoms with Crippen LogP contribution >= 0.6 is 24.0 Å². The molecule has 5 nitrogen and oxygen atoms in total. The molecule has 146 valence electrons. The van der Waals surface area contributed by atoms with E-state index in [-0.39, 0.29) is 24.0 Å². The highest BCUT2D eigenvalue weighted by atomic mass is 127. The standard InChI is InChI=1S/C20H32N4O.HI/c1-3-25-16-11-20(9-10-20)17-22-19(21-2)24-14-12-23(13-15-24)18-7-5-4-6-8-18;/h4-8H,3,9-17H2,1-2H3,(H,21,22);1H. The maximum Gasteiger partial charge on any atom is 0.193 e. The van der Waals surface area contributed by atoms with Gasteiger partial charge in [0, 0.05) is 58.7 Å². The first kappa shape index (κ1) is 21.3. The second-order valence-corrected chi connectivity index (χ2v) is 7.16. The van der Waals surface area contributed by atoms with E-state index in [1.54, 1.807) is 0 Å². The largest absolute Gasteiger partial charge is 0.382 e. The second-order valence-electron chi connectivity index (χ2n) is 7.16. The minimum Gasteiger partial charge on any atom is -0.382 e. The number of para-hydroxylation sites is 1. The molecule has 1 aliphatic carbocycles. The lowest BCUT2D eigenvalue weighted by atomic mass is 10.0. The first-order valence-corrected chi connectivity index (χ1v) is 9.60. The average Bonchev–Trinajstić information content (AvgIpc) is 3.44. The summed E-state index contributed by atoms with van der Waals surface area (Å²) in [7, 11) is 1.89. The third-order valence-corrected chi connectivity index (χ3v) is 5.47. The van der Waals surface area contributed by atoms with Gasteiger partial charge in [-0.2, -0.15) is 0 Å². The van der Waals surface area contributed by atoms with Crippen LogP contribution in [0.4, 0.5) is 5.69 Å². The van der Waals surface area contributed by atoms with Crippen molar-refractivity contribution in [3.05, 3.63) is 30.3 Å². The van der Waals surface area contributed by atoms with E-state index in [9.17, 15) is 0 Å². The third-order valence-electron chi connectivity index (χ3n) is 5.47. The number of halogens is 1. The van der Waals surface area contributed by atoms with Crippen molar-refractivity contribution >= 4 is 35.6 Å². The van der Waals surface area contributed by atoms with Crippen LogP contribution in [0, 0.1) is 5.41 Å². The van der Waals surface area contributed by atoms with Crippen molar-refractivity contribution in [2.45, 2.75) is 26.2 Å². The summed E-state index contributed by atoms with van der Waals surface area (Å²) in [6, 6.07) is 10.7. The molecule has 0 radical (unpaired) electrons.